The SMILES string of the molecule is N#Cc1ccc(CNCCc2cccc3cccnc23)o1. The smallest absolute Gasteiger partial charge is 0.203 e. The lowest BCUT2D eigenvalue weighted by Crippen LogP contribution is -2.16. The molecular weight excluding hydrogens is 262 g/mol. The molecule has 0 radical (unpaired) electrons. The summed E-state index contributed by atoms with van der Waals surface area (Å²) in [5.41, 5.74) is 2.30. The first-order valence-corrected chi connectivity index (χ1v) is 6.89. The Morgan fingerprint density at radius 3 is 2.90 bits per heavy atom. The van der Waals surface area contributed by atoms with Crippen LogP contribution >= 0.6 is 0 Å². The molecule has 3 rings (SSSR count). The number of nitriles is 1. The zero-order valence-corrected chi connectivity index (χ0v) is 11.5. The summed E-state index contributed by atoms with van der Waals surface area (Å²) in [5.74, 6) is 1.13. The maximum atomic E-state index is 8.70. The van der Waals surface area contributed by atoms with Crippen molar-refractivity contribution in [1.82, 2.24) is 10.3 Å². The fourth-order valence-corrected chi connectivity index (χ4v) is 2.34. The fraction of sp³-hybridized carbons (Fsp3) is 0.176. The third kappa shape index (κ3) is 3.10. The highest BCUT2D eigenvalue weighted by Gasteiger charge is 2.03. The Morgan fingerprint density at radius 2 is 2.05 bits per heavy atom. The zero-order chi connectivity index (χ0) is 14.5. The Morgan fingerprint density at radius 1 is 1.14 bits per heavy atom. The number of benzene rings is 1. The van der Waals surface area contributed by atoms with Crippen LogP contribution in [0.2, 0.25) is 0 Å². The van der Waals surface area contributed by atoms with Crippen LogP contribution in [0, 0.1) is 11.3 Å². The van der Waals surface area contributed by atoms with Crippen LogP contribution in [0.4, 0.5) is 0 Å². The molecule has 0 atom stereocenters. The maximum absolute atomic E-state index is 8.70. The fourth-order valence-electron chi connectivity index (χ4n) is 2.34. The van der Waals surface area contributed by atoms with E-state index in [1.165, 1.54) is 10.9 Å². The van der Waals surface area contributed by atoms with E-state index < -0.39 is 0 Å². The number of aromatic nitrogens is 1. The number of nitrogens with zero attached hydrogens (tertiary/aromatic N) is 2. The summed E-state index contributed by atoms with van der Waals surface area (Å²) in [6.45, 7) is 1.46. The Bertz CT molecular complexity index is 781. The van der Waals surface area contributed by atoms with Gasteiger partial charge in [0.1, 0.15) is 11.8 Å². The van der Waals surface area contributed by atoms with Crippen molar-refractivity contribution in [2.75, 3.05) is 6.54 Å². The van der Waals surface area contributed by atoms with Crippen molar-refractivity contribution in [3.05, 3.63) is 65.7 Å². The lowest BCUT2D eigenvalue weighted by Gasteiger charge is -2.06. The molecule has 0 unspecified atom stereocenters. The third-order valence-electron chi connectivity index (χ3n) is 3.36. The number of rotatable bonds is 5. The summed E-state index contributed by atoms with van der Waals surface area (Å²) < 4.78 is 5.32. The van der Waals surface area contributed by atoms with Crippen LogP contribution in [0.1, 0.15) is 17.1 Å². The van der Waals surface area contributed by atoms with Crippen LogP contribution in [-0.2, 0) is 13.0 Å². The Kier molecular flexibility index (Phi) is 3.95. The second-order valence-electron chi connectivity index (χ2n) is 4.80. The van der Waals surface area contributed by atoms with E-state index in [0.717, 1.165) is 24.2 Å². The van der Waals surface area contributed by atoms with Crippen molar-refractivity contribution in [3.63, 3.8) is 0 Å². The predicted molar refractivity (Wildman–Crippen MR) is 80.6 cm³/mol. The quantitative estimate of drug-likeness (QED) is 0.728. The zero-order valence-electron chi connectivity index (χ0n) is 11.5. The van der Waals surface area contributed by atoms with Crippen LogP contribution in [0.5, 0.6) is 0 Å². The van der Waals surface area contributed by atoms with Gasteiger partial charge in [0.15, 0.2) is 0 Å². The van der Waals surface area contributed by atoms with E-state index >= 15 is 0 Å². The first-order valence-electron chi connectivity index (χ1n) is 6.89. The summed E-state index contributed by atoms with van der Waals surface area (Å²) in [4.78, 5) is 4.45. The molecule has 0 aliphatic heterocycles. The lowest BCUT2D eigenvalue weighted by molar-refractivity contribution is 0.475. The van der Waals surface area contributed by atoms with Crippen molar-refractivity contribution < 1.29 is 4.42 Å². The Balaban J connectivity index is 1.58. The van der Waals surface area contributed by atoms with Crippen molar-refractivity contribution in [1.29, 1.82) is 5.26 Å². The molecule has 4 heteroatoms. The van der Waals surface area contributed by atoms with Gasteiger partial charge in [-0.25, -0.2) is 0 Å². The molecule has 104 valence electrons. The molecule has 1 aromatic carbocycles. The number of nitrogens with one attached hydrogen (secondary N) is 1. The van der Waals surface area contributed by atoms with Gasteiger partial charge >= 0.3 is 0 Å². The highest BCUT2D eigenvalue weighted by Crippen LogP contribution is 2.16. The average molecular weight is 277 g/mol. The molecular formula is C17H15N3O. The monoisotopic (exact) mass is 277 g/mol. The van der Waals surface area contributed by atoms with Crippen LogP contribution in [0.25, 0.3) is 10.9 Å². The summed E-state index contributed by atoms with van der Waals surface area (Å²) in [6, 6.07) is 15.8. The minimum Gasteiger partial charge on any atom is -0.449 e. The van der Waals surface area contributed by atoms with E-state index in [-0.39, 0.29) is 0 Å². The average Bonchev–Trinajstić information content (AvgIpc) is 3.00. The minimum absolute atomic E-state index is 0.352. The number of para-hydroxylation sites is 1. The molecule has 0 fully saturated rings. The molecule has 0 saturated heterocycles. The van der Waals surface area contributed by atoms with Crippen molar-refractivity contribution >= 4 is 10.9 Å². The molecule has 3 aromatic rings. The second kappa shape index (κ2) is 6.21. The molecule has 0 saturated carbocycles. The van der Waals surface area contributed by atoms with E-state index in [0.29, 0.717) is 12.3 Å². The summed E-state index contributed by atoms with van der Waals surface area (Å²) in [6.07, 6.45) is 2.73. The first kappa shape index (κ1) is 13.3. The number of furan rings is 1. The van der Waals surface area contributed by atoms with Gasteiger partial charge in [-0.3, -0.25) is 4.98 Å². The van der Waals surface area contributed by atoms with Crippen molar-refractivity contribution in [2.24, 2.45) is 0 Å². The van der Waals surface area contributed by atoms with Crippen LogP contribution < -0.4 is 5.32 Å². The molecule has 0 aliphatic rings. The van der Waals surface area contributed by atoms with Gasteiger partial charge in [-0.1, -0.05) is 24.3 Å². The highest BCUT2D eigenvalue weighted by molar-refractivity contribution is 5.81. The van der Waals surface area contributed by atoms with Gasteiger partial charge in [0.05, 0.1) is 12.1 Å². The molecule has 0 bridgehead atoms. The van der Waals surface area contributed by atoms with Gasteiger partial charge in [-0.15, -0.1) is 0 Å². The highest BCUT2D eigenvalue weighted by atomic mass is 16.3. The Hall–Kier alpha value is -2.64. The van der Waals surface area contributed by atoms with E-state index in [1.807, 2.05) is 24.4 Å². The molecule has 0 amide bonds. The van der Waals surface area contributed by atoms with E-state index in [9.17, 15) is 0 Å². The Labute approximate surface area is 123 Å². The number of hydrogen-bond donors (Lipinski definition) is 1. The van der Waals surface area contributed by atoms with E-state index in [1.54, 1.807) is 6.07 Å². The number of pyridine rings is 1. The standard InChI is InChI=1S/C17H15N3O/c18-11-15-6-7-16(21-15)12-19-10-8-14-4-1-3-13-5-2-9-20-17(13)14/h1-7,9,19H,8,10,12H2. The second-order valence-corrected chi connectivity index (χ2v) is 4.80. The van der Waals surface area contributed by atoms with Gasteiger partial charge < -0.3 is 9.73 Å². The van der Waals surface area contributed by atoms with Crippen molar-refractivity contribution in [3.8, 4) is 6.07 Å². The minimum atomic E-state index is 0.352. The third-order valence-corrected chi connectivity index (χ3v) is 3.36. The molecule has 0 spiro atoms. The normalized spacial score (nSPS) is 10.6. The molecule has 1 N–H and O–H groups in total. The maximum Gasteiger partial charge on any atom is 0.203 e. The molecule has 4 nitrogen and oxygen atoms in total. The summed E-state index contributed by atoms with van der Waals surface area (Å²) >= 11 is 0. The van der Waals surface area contributed by atoms with Crippen LogP contribution in [-0.4, -0.2) is 11.5 Å². The topological polar surface area (TPSA) is 61.9 Å². The molecule has 2 aromatic heterocycles. The largest absolute Gasteiger partial charge is 0.449 e. The van der Waals surface area contributed by atoms with Crippen LogP contribution in [0.3, 0.4) is 0 Å². The molecule has 21 heavy (non-hydrogen) atoms. The van der Waals surface area contributed by atoms with Gasteiger partial charge in [0.25, 0.3) is 0 Å². The lowest BCUT2D eigenvalue weighted by atomic mass is 10.1. The number of fused-ring (bicyclic) bond motifs is 1. The number of hydrogen-bond acceptors (Lipinski definition) is 4. The predicted octanol–water partition coefficient (Wildman–Crippen LogP) is 3.03. The van der Waals surface area contributed by atoms with Crippen LogP contribution in [0.15, 0.2) is 53.1 Å². The van der Waals surface area contributed by atoms with Gasteiger partial charge in [0, 0.05) is 11.6 Å². The summed E-state index contributed by atoms with van der Waals surface area (Å²) in [7, 11) is 0. The van der Waals surface area contributed by atoms with E-state index in [2.05, 4.69) is 34.6 Å². The van der Waals surface area contributed by atoms with Crippen molar-refractivity contribution in [2.45, 2.75) is 13.0 Å². The molecule has 2 heterocycles. The van der Waals surface area contributed by atoms with Gasteiger partial charge in [-0.05, 0) is 36.7 Å². The van der Waals surface area contributed by atoms with Gasteiger partial charge in [0.2, 0.25) is 5.76 Å². The first-order chi connectivity index (χ1) is 10.4. The summed E-state index contributed by atoms with van der Waals surface area (Å²) in [5, 5.41) is 13.2. The van der Waals surface area contributed by atoms with E-state index in [4.69, 9.17) is 9.68 Å². The van der Waals surface area contributed by atoms with Gasteiger partial charge in [-0.2, -0.15) is 5.26 Å². The molecule has 0 aliphatic carbocycles.